The minimum atomic E-state index is -0.0706. The summed E-state index contributed by atoms with van der Waals surface area (Å²) in [6.07, 6.45) is 2.73. The highest BCUT2D eigenvalue weighted by atomic mass is 35.5. The molecule has 0 fully saturated rings. The van der Waals surface area contributed by atoms with E-state index in [2.05, 4.69) is 10.3 Å². The number of alkyl halides is 1. The Morgan fingerprint density at radius 1 is 1.35 bits per heavy atom. The molecule has 0 amide bonds. The van der Waals surface area contributed by atoms with Crippen LogP contribution in [0.15, 0.2) is 29.3 Å². The average molecular weight is 351 g/mol. The van der Waals surface area contributed by atoms with E-state index in [4.69, 9.17) is 34.8 Å². The zero-order valence-corrected chi connectivity index (χ0v) is 14.0. The van der Waals surface area contributed by atoms with Crippen LogP contribution in [0.2, 0.25) is 10.0 Å². The fourth-order valence-corrected chi connectivity index (χ4v) is 3.14. The number of benzene rings is 1. The summed E-state index contributed by atoms with van der Waals surface area (Å²) < 4.78 is 1.80. The maximum atomic E-state index is 6.12. The third kappa shape index (κ3) is 4.29. The van der Waals surface area contributed by atoms with Gasteiger partial charge in [-0.1, -0.05) is 35.3 Å². The van der Waals surface area contributed by atoms with Crippen LogP contribution in [0.3, 0.4) is 0 Å². The summed E-state index contributed by atoms with van der Waals surface area (Å²) >= 11 is 19.8. The topological polar surface area (TPSA) is 30.7 Å². The summed E-state index contributed by atoms with van der Waals surface area (Å²) in [5, 5.41) is 9.47. The molecular weight excluding hydrogens is 337 g/mol. The maximum absolute atomic E-state index is 6.12. The number of hydrogen-bond acceptors (Lipinski definition) is 3. The van der Waals surface area contributed by atoms with E-state index in [1.165, 1.54) is 0 Å². The first kappa shape index (κ1) is 16.0. The molecule has 3 nitrogen and oxygen atoms in total. The summed E-state index contributed by atoms with van der Waals surface area (Å²) in [6.45, 7) is 2.77. The third-order valence-corrected chi connectivity index (χ3v) is 4.95. The number of aromatic nitrogens is 3. The highest BCUT2D eigenvalue weighted by Gasteiger charge is 2.10. The van der Waals surface area contributed by atoms with Crippen molar-refractivity contribution in [3.63, 3.8) is 0 Å². The summed E-state index contributed by atoms with van der Waals surface area (Å²) in [5.74, 6) is 0.835. The Labute approximate surface area is 137 Å². The van der Waals surface area contributed by atoms with Crippen molar-refractivity contribution < 1.29 is 0 Å². The molecule has 2 rings (SSSR count). The van der Waals surface area contributed by atoms with Gasteiger partial charge < -0.3 is 0 Å². The van der Waals surface area contributed by atoms with Gasteiger partial charge in [0.2, 0.25) is 0 Å². The molecule has 0 saturated carbocycles. The number of thioether (sulfide) groups is 1. The van der Waals surface area contributed by atoms with Crippen molar-refractivity contribution in [1.82, 2.24) is 15.0 Å². The van der Waals surface area contributed by atoms with Gasteiger partial charge in [0.05, 0.1) is 16.9 Å². The number of hydrogen-bond donors (Lipinski definition) is 0. The van der Waals surface area contributed by atoms with E-state index < -0.39 is 0 Å². The molecule has 1 atom stereocenters. The van der Waals surface area contributed by atoms with Gasteiger partial charge >= 0.3 is 0 Å². The van der Waals surface area contributed by atoms with E-state index >= 15 is 0 Å². The quantitative estimate of drug-likeness (QED) is 0.538. The van der Waals surface area contributed by atoms with Crippen LogP contribution in [0.1, 0.15) is 24.4 Å². The van der Waals surface area contributed by atoms with Crippen molar-refractivity contribution >= 4 is 46.6 Å². The molecule has 0 saturated heterocycles. The first-order valence-electron chi connectivity index (χ1n) is 6.22. The largest absolute Gasteiger partial charge is 0.251 e. The van der Waals surface area contributed by atoms with Gasteiger partial charge in [0.15, 0.2) is 0 Å². The van der Waals surface area contributed by atoms with Crippen LogP contribution in [-0.4, -0.2) is 20.7 Å². The zero-order valence-electron chi connectivity index (χ0n) is 10.9. The fourth-order valence-electron chi connectivity index (χ4n) is 1.61. The smallest absolute Gasteiger partial charge is 0.100 e. The Hall–Kier alpha value is -0.420. The van der Waals surface area contributed by atoms with Crippen molar-refractivity contribution in [2.45, 2.75) is 30.2 Å². The SMILES string of the molecule is CCC(Cl)c1cn(CCSc2cc(Cl)ccc2Cl)nn1. The number of rotatable bonds is 6. The van der Waals surface area contributed by atoms with Gasteiger partial charge in [-0.3, -0.25) is 4.68 Å². The van der Waals surface area contributed by atoms with Crippen LogP contribution >= 0.6 is 46.6 Å². The van der Waals surface area contributed by atoms with Crippen LogP contribution in [0.5, 0.6) is 0 Å². The molecule has 0 aliphatic heterocycles. The predicted molar refractivity (Wildman–Crippen MR) is 86.1 cm³/mol. The van der Waals surface area contributed by atoms with Gasteiger partial charge in [0.1, 0.15) is 5.69 Å². The molecule has 20 heavy (non-hydrogen) atoms. The molecule has 1 unspecified atom stereocenters. The Morgan fingerprint density at radius 3 is 2.90 bits per heavy atom. The van der Waals surface area contributed by atoms with Crippen molar-refractivity contribution in [3.8, 4) is 0 Å². The molecule has 0 aliphatic rings. The second-order valence-electron chi connectivity index (χ2n) is 4.21. The summed E-state index contributed by atoms with van der Waals surface area (Å²) in [7, 11) is 0. The van der Waals surface area contributed by atoms with Gasteiger partial charge in [0.25, 0.3) is 0 Å². The molecule has 108 valence electrons. The monoisotopic (exact) mass is 349 g/mol. The molecule has 7 heteroatoms. The lowest BCUT2D eigenvalue weighted by Gasteiger charge is -2.04. The van der Waals surface area contributed by atoms with Crippen LogP contribution in [0.4, 0.5) is 0 Å². The molecule has 2 aromatic rings. The first-order valence-corrected chi connectivity index (χ1v) is 8.40. The zero-order chi connectivity index (χ0) is 14.5. The maximum Gasteiger partial charge on any atom is 0.100 e. The van der Waals surface area contributed by atoms with Crippen molar-refractivity contribution in [2.75, 3.05) is 5.75 Å². The van der Waals surface area contributed by atoms with Crippen molar-refractivity contribution in [1.29, 1.82) is 0 Å². The van der Waals surface area contributed by atoms with Crippen LogP contribution in [0.25, 0.3) is 0 Å². The van der Waals surface area contributed by atoms with Crippen molar-refractivity contribution in [3.05, 3.63) is 40.1 Å². The number of halogens is 3. The number of aryl methyl sites for hydroxylation is 1. The van der Waals surface area contributed by atoms with E-state index in [0.29, 0.717) is 10.0 Å². The highest BCUT2D eigenvalue weighted by molar-refractivity contribution is 7.99. The Balaban J connectivity index is 1.89. The molecule has 1 aromatic heterocycles. The van der Waals surface area contributed by atoms with Crippen LogP contribution in [-0.2, 0) is 6.54 Å². The second kappa shape index (κ2) is 7.55. The van der Waals surface area contributed by atoms with Crippen molar-refractivity contribution in [2.24, 2.45) is 0 Å². The van der Waals surface area contributed by atoms with E-state index in [-0.39, 0.29) is 5.38 Å². The lowest BCUT2D eigenvalue weighted by molar-refractivity contribution is 0.632. The molecule has 0 spiro atoms. The lowest BCUT2D eigenvalue weighted by Crippen LogP contribution is -2.01. The molecule has 1 heterocycles. The minimum absolute atomic E-state index is 0.0706. The highest BCUT2D eigenvalue weighted by Crippen LogP contribution is 2.30. The Bertz CT molecular complexity index is 574. The normalized spacial score (nSPS) is 12.6. The van der Waals surface area contributed by atoms with E-state index in [0.717, 1.165) is 29.3 Å². The Kier molecular flexibility index (Phi) is 6.02. The van der Waals surface area contributed by atoms with Crippen LogP contribution < -0.4 is 0 Å². The molecule has 0 bridgehead atoms. The molecule has 0 radical (unpaired) electrons. The molecular formula is C13H14Cl3N3S. The van der Waals surface area contributed by atoms with Gasteiger partial charge in [-0.05, 0) is 24.6 Å². The molecule has 0 N–H and O–H groups in total. The summed E-state index contributed by atoms with van der Waals surface area (Å²) in [6, 6.07) is 5.45. The van der Waals surface area contributed by atoms with Gasteiger partial charge in [0, 0.05) is 21.9 Å². The predicted octanol–water partition coefficient (Wildman–Crippen LogP) is 5.07. The van der Waals surface area contributed by atoms with Gasteiger partial charge in [-0.15, -0.1) is 28.5 Å². The number of nitrogens with zero attached hydrogens (tertiary/aromatic N) is 3. The lowest BCUT2D eigenvalue weighted by atomic mass is 10.3. The molecule has 1 aromatic carbocycles. The van der Waals surface area contributed by atoms with Gasteiger partial charge in [-0.25, -0.2) is 0 Å². The third-order valence-electron chi connectivity index (χ3n) is 2.71. The standard InChI is InChI=1S/C13H14Cl3N3S/c1-2-10(15)12-8-19(18-17-12)5-6-20-13-7-9(14)3-4-11(13)16/h3-4,7-8,10H,2,5-6H2,1H3. The van der Waals surface area contributed by atoms with E-state index in [1.54, 1.807) is 28.6 Å². The minimum Gasteiger partial charge on any atom is -0.251 e. The Morgan fingerprint density at radius 2 is 2.15 bits per heavy atom. The first-order chi connectivity index (χ1) is 9.60. The van der Waals surface area contributed by atoms with E-state index in [9.17, 15) is 0 Å². The summed E-state index contributed by atoms with van der Waals surface area (Å²) in [4.78, 5) is 0.975. The van der Waals surface area contributed by atoms with E-state index in [1.807, 2.05) is 19.2 Å². The van der Waals surface area contributed by atoms with Crippen LogP contribution in [0, 0.1) is 0 Å². The average Bonchev–Trinajstić information content (AvgIpc) is 2.90. The fraction of sp³-hybridized carbons (Fsp3) is 0.385. The second-order valence-corrected chi connectivity index (χ2v) is 6.71. The molecule has 0 aliphatic carbocycles. The summed E-state index contributed by atoms with van der Waals surface area (Å²) in [5.41, 5.74) is 0.819. The van der Waals surface area contributed by atoms with Gasteiger partial charge in [-0.2, -0.15) is 0 Å².